The van der Waals surface area contributed by atoms with E-state index in [4.69, 9.17) is 22.3 Å². The fourth-order valence-electron chi connectivity index (χ4n) is 0.224. The third-order valence-electron chi connectivity index (χ3n) is 0.523. The number of halogens is 2. The second-order valence-electron chi connectivity index (χ2n) is 1.21. The fraction of sp³-hybridized carbons (Fsp3) is 0.750. The number of hydrogen-bond acceptors (Lipinski definition) is 2. The molecule has 0 aliphatic heterocycles. The molecule has 0 fully saturated rings. The summed E-state index contributed by atoms with van der Waals surface area (Å²) < 4.78 is 0.425. The lowest BCUT2D eigenvalue weighted by atomic mass is 10.5. The van der Waals surface area contributed by atoms with Crippen LogP contribution in [0.5, 0.6) is 0 Å². The lowest BCUT2D eigenvalue weighted by Gasteiger charge is -1.86. The van der Waals surface area contributed by atoms with Gasteiger partial charge in [0.1, 0.15) is 0 Å². The monoisotopic (exact) mass is 171 g/mol. The smallest absolute Gasteiger partial charge is 0.173 e. The predicted octanol–water partition coefficient (Wildman–Crippen LogP) is 2.88. The highest BCUT2D eigenvalue weighted by Gasteiger charge is 1.87. The van der Waals surface area contributed by atoms with Crippen molar-refractivity contribution in [2.45, 2.75) is 13.3 Å². The van der Waals surface area contributed by atoms with Gasteiger partial charge in [-0.15, -0.1) is 0 Å². The molecule has 0 aromatic rings. The van der Waals surface area contributed by atoms with Crippen molar-refractivity contribution < 1.29 is 0 Å². The molecule has 0 spiro atoms. The minimum atomic E-state index is 0.425. The Morgan fingerprint density at radius 3 is 2.75 bits per heavy atom. The molecule has 0 rings (SSSR count). The zero-order valence-corrected chi connectivity index (χ0v) is 6.85. The van der Waals surface area contributed by atoms with Crippen molar-refractivity contribution in [3.05, 3.63) is 0 Å². The predicted molar refractivity (Wildman–Crippen MR) is 41.9 cm³/mol. The maximum atomic E-state index is 5.43. The van der Waals surface area contributed by atoms with Gasteiger partial charge in [-0.2, -0.15) is 0 Å². The summed E-state index contributed by atoms with van der Waals surface area (Å²) in [4.78, 5) is 3.87. The summed E-state index contributed by atoms with van der Waals surface area (Å²) in [5.74, 6) is 0. The van der Waals surface area contributed by atoms with Gasteiger partial charge in [0.25, 0.3) is 0 Å². The van der Waals surface area contributed by atoms with Crippen LogP contribution in [0.2, 0.25) is 0 Å². The second kappa shape index (κ2) is 5.73. The van der Waals surface area contributed by atoms with E-state index in [0.717, 1.165) is 23.9 Å². The van der Waals surface area contributed by atoms with Crippen LogP contribution in [0.25, 0.3) is 0 Å². The van der Waals surface area contributed by atoms with Gasteiger partial charge in [0.2, 0.25) is 0 Å². The molecule has 4 heteroatoms. The third kappa shape index (κ3) is 4.75. The summed E-state index contributed by atoms with van der Waals surface area (Å²) in [5.41, 5.74) is 0. The molecule has 0 bridgehead atoms. The molecular formula is C4H7Cl2NS. The van der Waals surface area contributed by atoms with Crippen molar-refractivity contribution in [3.8, 4) is 0 Å². The van der Waals surface area contributed by atoms with Crippen molar-refractivity contribution in [1.82, 2.24) is 0 Å². The Labute approximate surface area is 63.0 Å². The topological polar surface area (TPSA) is 12.4 Å². The first-order valence-electron chi connectivity index (χ1n) is 2.29. The molecule has 0 aromatic heterocycles. The molecule has 0 saturated heterocycles. The van der Waals surface area contributed by atoms with Gasteiger partial charge in [-0.05, 0) is 17.1 Å². The minimum absolute atomic E-state index is 0.425. The van der Waals surface area contributed by atoms with Gasteiger partial charge in [-0.3, -0.25) is 4.99 Å². The van der Waals surface area contributed by atoms with E-state index in [-0.39, 0.29) is 0 Å². The zero-order valence-electron chi connectivity index (χ0n) is 4.53. The molecule has 0 aliphatic rings. The molecule has 48 valence electrons. The van der Waals surface area contributed by atoms with E-state index in [1.807, 2.05) is 6.92 Å². The molecule has 0 N–H and O–H groups in total. The van der Waals surface area contributed by atoms with E-state index in [9.17, 15) is 0 Å². The molecule has 8 heavy (non-hydrogen) atoms. The number of nitrogens with zero attached hydrogens (tertiary/aromatic N) is 1. The standard InChI is InChI=1S/C4H7Cl2NS/c1-2-3-7-4(5)8-6/h2-3H2,1H3/b7-4-. The fourth-order valence-corrected chi connectivity index (χ4v) is 0.595. The molecule has 1 nitrogen and oxygen atoms in total. The molecule has 0 atom stereocenters. The third-order valence-corrected chi connectivity index (χ3v) is 1.81. The highest BCUT2D eigenvalue weighted by molar-refractivity contribution is 8.34. The van der Waals surface area contributed by atoms with Gasteiger partial charge in [0.15, 0.2) is 4.50 Å². The lowest BCUT2D eigenvalue weighted by Crippen LogP contribution is -1.78. The quantitative estimate of drug-likeness (QED) is 0.460. The average Bonchev–Trinajstić information content (AvgIpc) is 1.83. The largest absolute Gasteiger partial charge is 0.266 e. The Morgan fingerprint density at radius 2 is 2.38 bits per heavy atom. The van der Waals surface area contributed by atoms with Gasteiger partial charge >= 0.3 is 0 Å². The summed E-state index contributed by atoms with van der Waals surface area (Å²) in [6.07, 6.45) is 1.01. The van der Waals surface area contributed by atoms with Crippen LogP contribution in [0.3, 0.4) is 0 Å². The van der Waals surface area contributed by atoms with Gasteiger partial charge in [-0.1, -0.05) is 18.5 Å². The first kappa shape index (κ1) is 8.60. The van der Waals surface area contributed by atoms with Crippen LogP contribution < -0.4 is 0 Å². The van der Waals surface area contributed by atoms with Crippen LogP contribution in [0.1, 0.15) is 13.3 Å². The maximum Gasteiger partial charge on any atom is 0.173 e. The van der Waals surface area contributed by atoms with Gasteiger partial charge in [0, 0.05) is 17.5 Å². The molecular weight excluding hydrogens is 165 g/mol. The number of aliphatic imine (C=N–C) groups is 1. The number of rotatable bonds is 2. The molecule has 0 radical (unpaired) electrons. The average molecular weight is 172 g/mol. The molecule has 0 amide bonds. The summed E-state index contributed by atoms with van der Waals surface area (Å²) in [5, 5.41) is 0. The van der Waals surface area contributed by atoms with Crippen molar-refractivity contribution in [2.24, 2.45) is 4.99 Å². The van der Waals surface area contributed by atoms with Crippen molar-refractivity contribution in [3.63, 3.8) is 0 Å². The van der Waals surface area contributed by atoms with E-state index in [2.05, 4.69) is 4.99 Å². The molecule has 0 heterocycles. The lowest BCUT2D eigenvalue weighted by molar-refractivity contribution is 0.938. The molecule has 0 aromatic carbocycles. The number of hydrogen-bond donors (Lipinski definition) is 0. The Balaban J connectivity index is 3.26. The highest BCUT2D eigenvalue weighted by atomic mass is 35.7. The Kier molecular flexibility index (Phi) is 6.16. The Hall–Kier alpha value is 0.600. The summed E-state index contributed by atoms with van der Waals surface area (Å²) in [7, 11) is 6.19. The van der Waals surface area contributed by atoms with Crippen LogP contribution in [0.4, 0.5) is 0 Å². The maximum absolute atomic E-state index is 5.43. The normalized spacial score (nSPS) is 12.1. The summed E-state index contributed by atoms with van der Waals surface area (Å²) in [6.45, 7) is 2.80. The van der Waals surface area contributed by atoms with E-state index in [1.165, 1.54) is 0 Å². The van der Waals surface area contributed by atoms with Gasteiger partial charge < -0.3 is 0 Å². The van der Waals surface area contributed by atoms with Crippen LogP contribution in [0, 0.1) is 0 Å². The summed E-state index contributed by atoms with van der Waals surface area (Å²) in [6, 6.07) is 0. The van der Waals surface area contributed by atoms with Crippen LogP contribution in [-0.2, 0) is 0 Å². The Bertz CT molecular complexity index is 84.1. The SMILES string of the molecule is CCC/N=C(/Cl)SCl. The van der Waals surface area contributed by atoms with Crippen molar-refractivity contribution in [1.29, 1.82) is 0 Å². The van der Waals surface area contributed by atoms with Crippen LogP contribution in [-0.4, -0.2) is 11.0 Å². The van der Waals surface area contributed by atoms with Crippen LogP contribution in [0.15, 0.2) is 4.99 Å². The zero-order chi connectivity index (χ0) is 6.41. The summed E-state index contributed by atoms with van der Waals surface area (Å²) >= 11 is 5.43. The highest BCUT2D eigenvalue weighted by Crippen LogP contribution is 2.12. The van der Waals surface area contributed by atoms with Gasteiger partial charge in [-0.25, -0.2) is 0 Å². The Morgan fingerprint density at radius 1 is 1.75 bits per heavy atom. The van der Waals surface area contributed by atoms with Crippen molar-refractivity contribution >= 4 is 37.8 Å². The first-order chi connectivity index (χ1) is 3.81. The van der Waals surface area contributed by atoms with E-state index < -0.39 is 0 Å². The molecule has 0 unspecified atom stereocenters. The minimum Gasteiger partial charge on any atom is -0.266 e. The van der Waals surface area contributed by atoms with E-state index in [1.54, 1.807) is 0 Å². The van der Waals surface area contributed by atoms with Crippen molar-refractivity contribution in [2.75, 3.05) is 6.54 Å². The first-order valence-corrected chi connectivity index (χ1v) is 4.31. The van der Waals surface area contributed by atoms with E-state index >= 15 is 0 Å². The molecule has 0 saturated carbocycles. The van der Waals surface area contributed by atoms with Crippen LogP contribution >= 0.6 is 33.3 Å². The van der Waals surface area contributed by atoms with Gasteiger partial charge in [0.05, 0.1) is 0 Å². The molecule has 0 aliphatic carbocycles. The van der Waals surface area contributed by atoms with E-state index in [0.29, 0.717) is 4.50 Å². The second-order valence-corrected chi connectivity index (χ2v) is 2.80.